The van der Waals surface area contributed by atoms with E-state index in [2.05, 4.69) is 15.7 Å². The van der Waals surface area contributed by atoms with Crippen molar-refractivity contribution in [3.63, 3.8) is 0 Å². The molecule has 194 valence electrons. The van der Waals surface area contributed by atoms with Gasteiger partial charge in [0, 0.05) is 25.1 Å². The number of benzene rings is 1. The van der Waals surface area contributed by atoms with Crippen LogP contribution in [-0.4, -0.2) is 44.9 Å². The minimum absolute atomic E-state index is 0.185. The monoisotopic (exact) mass is 497 g/mol. The number of aryl methyl sites for hydroxylation is 1. The van der Waals surface area contributed by atoms with Crippen LogP contribution in [0.2, 0.25) is 0 Å². The third kappa shape index (κ3) is 6.93. The van der Waals surface area contributed by atoms with E-state index in [9.17, 15) is 19.2 Å². The highest BCUT2D eigenvalue weighted by Crippen LogP contribution is 2.29. The first kappa shape index (κ1) is 26.9. The fraction of sp³-hybridized carbons (Fsp3) is 0.500. The summed E-state index contributed by atoms with van der Waals surface area (Å²) in [5.41, 5.74) is 5.79. The van der Waals surface area contributed by atoms with Gasteiger partial charge in [-0.3, -0.25) is 14.4 Å². The first-order valence-corrected chi connectivity index (χ1v) is 12.1. The van der Waals surface area contributed by atoms with E-state index in [0.717, 1.165) is 30.4 Å². The number of nitrogens with zero attached hydrogens (tertiary/aromatic N) is 2. The minimum Gasteiger partial charge on any atom is -0.444 e. The summed E-state index contributed by atoms with van der Waals surface area (Å²) in [5.74, 6) is -1.11. The number of carbonyl (C=O) groups is 3. The van der Waals surface area contributed by atoms with Crippen molar-refractivity contribution in [2.45, 2.75) is 76.5 Å². The molecule has 3 amide bonds. The van der Waals surface area contributed by atoms with Crippen LogP contribution in [0.1, 0.15) is 58.4 Å². The standard InChI is InChI=1S/C26H35N5O5/c1-25(2,3)36-24(35)29-26(14-6-5-7-15-26)23(34)28-20(22(27)33)16-17-8-10-18(11-9-17)19-12-13-21(32)31(4)30-19/h8-13,20H,5-7,14-16H2,1-4H3,(H2,27,33)(H,28,34)(H,29,35)/t20-/m0/s1. The molecular weight excluding hydrogens is 462 g/mol. The van der Waals surface area contributed by atoms with Crippen LogP contribution in [0.25, 0.3) is 11.3 Å². The van der Waals surface area contributed by atoms with Gasteiger partial charge in [-0.1, -0.05) is 43.5 Å². The fourth-order valence-corrected chi connectivity index (χ4v) is 4.29. The molecule has 1 atom stereocenters. The van der Waals surface area contributed by atoms with Gasteiger partial charge in [-0.05, 0) is 45.2 Å². The van der Waals surface area contributed by atoms with Gasteiger partial charge in [0.15, 0.2) is 0 Å². The van der Waals surface area contributed by atoms with Crippen molar-refractivity contribution in [2.24, 2.45) is 12.8 Å². The number of carbonyl (C=O) groups excluding carboxylic acids is 3. The second kappa shape index (κ2) is 10.9. The van der Waals surface area contributed by atoms with Crippen molar-refractivity contribution in [2.75, 3.05) is 0 Å². The molecule has 1 aromatic carbocycles. The molecular formula is C26H35N5O5. The first-order valence-electron chi connectivity index (χ1n) is 12.1. The van der Waals surface area contributed by atoms with Crippen LogP contribution >= 0.6 is 0 Å². The van der Waals surface area contributed by atoms with E-state index in [1.54, 1.807) is 33.9 Å². The maximum absolute atomic E-state index is 13.4. The number of alkyl carbamates (subject to hydrolysis) is 1. The second-order valence-electron chi connectivity index (χ2n) is 10.3. The third-order valence-corrected chi connectivity index (χ3v) is 6.18. The van der Waals surface area contributed by atoms with E-state index in [-0.39, 0.29) is 12.0 Å². The van der Waals surface area contributed by atoms with Crippen molar-refractivity contribution in [3.8, 4) is 11.3 Å². The maximum Gasteiger partial charge on any atom is 0.408 e. The summed E-state index contributed by atoms with van der Waals surface area (Å²) in [6, 6.07) is 9.42. The van der Waals surface area contributed by atoms with E-state index in [0.29, 0.717) is 18.5 Å². The van der Waals surface area contributed by atoms with Crippen molar-refractivity contribution < 1.29 is 19.1 Å². The summed E-state index contributed by atoms with van der Waals surface area (Å²) in [5, 5.41) is 9.78. The number of amides is 3. The molecule has 3 rings (SSSR count). The normalized spacial score (nSPS) is 16.0. The number of nitrogens with two attached hydrogens (primary N) is 1. The Morgan fingerprint density at radius 3 is 2.28 bits per heavy atom. The van der Waals surface area contributed by atoms with Crippen LogP contribution < -0.4 is 21.9 Å². The minimum atomic E-state index is -1.16. The molecule has 10 heteroatoms. The molecule has 1 aliphatic carbocycles. The predicted molar refractivity (Wildman–Crippen MR) is 135 cm³/mol. The van der Waals surface area contributed by atoms with Crippen LogP contribution in [0, 0.1) is 0 Å². The zero-order valence-corrected chi connectivity index (χ0v) is 21.3. The van der Waals surface area contributed by atoms with E-state index in [1.807, 2.05) is 24.3 Å². The van der Waals surface area contributed by atoms with Crippen molar-refractivity contribution >= 4 is 17.9 Å². The van der Waals surface area contributed by atoms with Crippen LogP contribution in [0.3, 0.4) is 0 Å². The number of ether oxygens (including phenoxy) is 1. The smallest absolute Gasteiger partial charge is 0.408 e. The summed E-state index contributed by atoms with van der Waals surface area (Å²) in [4.78, 5) is 49.7. The highest BCUT2D eigenvalue weighted by molar-refractivity contribution is 5.94. The quantitative estimate of drug-likeness (QED) is 0.535. The Hall–Kier alpha value is -3.69. The highest BCUT2D eigenvalue weighted by atomic mass is 16.6. The summed E-state index contributed by atoms with van der Waals surface area (Å²) in [7, 11) is 1.58. The molecule has 1 heterocycles. The van der Waals surface area contributed by atoms with E-state index in [4.69, 9.17) is 10.5 Å². The molecule has 1 aromatic heterocycles. The van der Waals surface area contributed by atoms with Gasteiger partial charge in [0.05, 0.1) is 5.69 Å². The molecule has 0 bridgehead atoms. The Morgan fingerprint density at radius 1 is 1.08 bits per heavy atom. The van der Waals surface area contributed by atoms with Gasteiger partial charge in [-0.25, -0.2) is 9.48 Å². The Kier molecular flexibility index (Phi) is 8.17. The van der Waals surface area contributed by atoms with Gasteiger partial charge >= 0.3 is 6.09 Å². The molecule has 1 saturated carbocycles. The van der Waals surface area contributed by atoms with Crippen molar-refractivity contribution in [1.29, 1.82) is 0 Å². The Balaban J connectivity index is 1.73. The van der Waals surface area contributed by atoms with Crippen LogP contribution in [-0.2, 0) is 27.8 Å². The molecule has 2 aromatic rings. The summed E-state index contributed by atoms with van der Waals surface area (Å²) in [6.45, 7) is 5.26. The lowest BCUT2D eigenvalue weighted by Crippen LogP contribution is -2.63. The number of hydrogen-bond donors (Lipinski definition) is 3. The van der Waals surface area contributed by atoms with Gasteiger partial charge in [-0.15, -0.1) is 0 Å². The lowest BCUT2D eigenvalue weighted by Gasteiger charge is -2.37. The summed E-state index contributed by atoms with van der Waals surface area (Å²) < 4.78 is 6.64. The largest absolute Gasteiger partial charge is 0.444 e. The molecule has 0 radical (unpaired) electrons. The molecule has 10 nitrogen and oxygen atoms in total. The van der Waals surface area contributed by atoms with Gasteiger partial charge in [0.2, 0.25) is 11.8 Å². The number of nitrogens with one attached hydrogen (secondary N) is 2. The zero-order valence-electron chi connectivity index (χ0n) is 21.3. The van der Waals surface area contributed by atoms with Crippen LogP contribution in [0.4, 0.5) is 4.79 Å². The molecule has 36 heavy (non-hydrogen) atoms. The summed E-state index contributed by atoms with van der Waals surface area (Å²) >= 11 is 0. The second-order valence-corrected chi connectivity index (χ2v) is 10.3. The topological polar surface area (TPSA) is 145 Å². The van der Waals surface area contributed by atoms with Gasteiger partial charge in [0.1, 0.15) is 17.2 Å². The van der Waals surface area contributed by atoms with Gasteiger partial charge < -0.3 is 21.1 Å². The number of hydrogen-bond acceptors (Lipinski definition) is 6. The lowest BCUT2D eigenvalue weighted by atomic mass is 9.80. The summed E-state index contributed by atoms with van der Waals surface area (Å²) in [6.07, 6.45) is 2.91. The number of rotatable bonds is 7. The fourth-order valence-electron chi connectivity index (χ4n) is 4.29. The zero-order chi connectivity index (χ0) is 26.5. The molecule has 0 aliphatic heterocycles. The van der Waals surface area contributed by atoms with Gasteiger partial charge in [0.25, 0.3) is 5.56 Å². The molecule has 4 N–H and O–H groups in total. The average Bonchev–Trinajstić information content (AvgIpc) is 2.80. The van der Waals surface area contributed by atoms with E-state index < -0.39 is 35.1 Å². The Bertz CT molecular complexity index is 1160. The third-order valence-electron chi connectivity index (χ3n) is 6.18. The van der Waals surface area contributed by atoms with Gasteiger partial charge in [-0.2, -0.15) is 5.10 Å². The van der Waals surface area contributed by atoms with Crippen molar-refractivity contribution in [3.05, 3.63) is 52.3 Å². The first-order chi connectivity index (χ1) is 16.9. The van der Waals surface area contributed by atoms with Crippen LogP contribution in [0.15, 0.2) is 41.2 Å². The maximum atomic E-state index is 13.4. The molecule has 0 spiro atoms. The predicted octanol–water partition coefficient (Wildman–Crippen LogP) is 2.19. The highest BCUT2D eigenvalue weighted by Gasteiger charge is 2.43. The number of aromatic nitrogens is 2. The average molecular weight is 498 g/mol. The molecule has 1 fully saturated rings. The Morgan fingerprint density at radius 2 is 1.72 bits per heavy atom. The molecule has 1 aliphatic rings. The lowest BCUT2D eigenvalue weighted by molar-refractivity contribution is -0.133. The van der Waals surface area contributed by atoms with Crippen molar-refractivity contribution in [1.82, 2.24) is 20.4 Å². The number of primary amides is 1. The van der Waals surface area contributed by atoms with E-state index >= 15 is 0 Å². The van der Waals surface area contributed by atoms with Crippen LogP contribution in [0.5, 0.6) is 0 Å². The SMILES string of the molecule is Cn1nc(-c2ccc(C[C@H](NC(=O)C3(NC(=O)OC(C)(C)C)CCCCC3)C(N)=O)cc2)ccc1=O. The Labute approximate surface area is 210 Å². The molecule has 0 saturated heterocycles. The van der Waals surface area contributed by atoms with E-state index in [1.165, 1.54) is 10.7 Å². The molecule has 0 unspecified atom stereocenters.